The van der Waals surface area contributed by atoms with Crippen molar-refractivity contribution in [2.24, 2.45) is 0 Å². The van der Waals surface area contributed by atoms with Crippen LogP contribution in [0.5, 0.6) is 0 Å². The number of furan rings is 1. The number of nitrogens with one attached hydrogen (secondary N) is 2. The number of benzene rings is 2. The lowest BCUT2D eigenvalue weighted by Gasteiger charge is -2.18. The molecule has 0 aliphatic carbocycles. The molecule has 30 heavy (non-hydrogen) atoms. The smallest absolute Gasteiger partial charge is 0.416 e. The van der Waals surface area contributed by atoms with Crippen LogP contribution in [-0.2, 0) is 17.5 Å². The molecule has 0 spiro atoms. The molecule has 0 saturated carbocycles. The zero-order valence-corrected chi connectivity index (χ0v) is 15.9. The Kier molecular flexibility index (Phi) is 5.35. The average Bonchev–Trinajstić information content (AvgIpc) is 3.40. The van der Waals surface area contributed by atoms with Gasteiger partial charge in [-0.15, -0.1) is 0 Å². The third-order valence-electron chi connectivity index (χ3n) is 5.04. The standard InChI is InChI=1S/C23H19F3N2O2/c24-23(25,26)16-6-3-5-15(11-16)19(12-22(29)28-13-17-7-4-10-30-17)20-14-27-21-9-2-1-8-18(20)21/h1-11,14,19,27H,12-13H2,(H,28,29)/t19-/m0/s1. The molecular formula is C23H19F3N2O2. The maximum Gasteiger partial charge on any atom is 0.416 e. The number of hydrogen-bond acceptors (Lipinski definition) is 2. The number of para-hydroxylation sites is 1. The van der Waals surface area contributed by atoms with Crippen molar-refractivity contribution in [1.82, 2.24) is 10.3 Å². The van der Waals surface area contributed by atoms with Crippen molar-refractivity contribution in [3.05, 3.63) is 95.6 Å². The Balaban J connectivity index is 1.67. The molecule has 1 atom stereocenters. The summed E-state index contributed by atoms with van der Waals surface area (Å²) in [6.45, 7) is 0.217. The molecular weight excluding hydrogens is 393 g/mol. The molecule has 1 amide bonds. The van der Waals surface area contributed by atoms with E-state index >= 15 is 0 Å². The Labute approximate surface area is 170 Å². The molecule has 4 rings (SSSR count). The van der Waals surface area contributed by atoms with Gasteiger partial charge >= 0.3 is 6.18 Å². The zero-order valence-electron chi connectivity index (χ0n) is 15.9. The largest absolute Gasteiger partial charge is 0.467 e. The molecule has 154 valence electrons. The number of aromatic amines is 1. The quantitative estimate of drug-likeness (QED) is 0.432. The van der Waals surface area contributed by atoms with Gasteiger partial charge in [0.15, 0.2) is 0 Å². The van der Waals surface area contributed by atoms with Crippen molar-refractivity contribution in [2.75, 3.05) is 0 Å². The van der Waals surface area contributed by atoms with Crippen molar-refractivity contribution in [3.8, 4) is 0 Å². The van der Waals surface area contributed by atoms with Crippen LogP contribution in [0.2, 0.25) is 0 Å². The van der Waals surface area contributed by atoms with Crippen LogP contribution in [0.25, 0.3) is 10.9 Å². The van der Waals surface area contributed by atoms with Crippen LogP contribution in [0.15, 0.2) is 77.5 Å². The monoisotopic (exact) mass is 412 g/mol. The van der Waals surface area contributed by atoms with E-state index in [-0.39, 0.29) is 18.9 Å². The van der Waals surface area contributed by atoms with Crippen LogP contribution < -0.4 is 5.32 Å². The lowest BCUT2D eigenvalue weighted by molar-refractivity contribution is -0.137. The molecule has 2 aromatic heterocycles. The maximum absolute atomic E-state index is 13.3. The van der Waals surface area contributed by atoms with Crippen molar-refractivity contribution in [1.29, 1.82) is 0 Å². The van der Waals surface area contributed by atoms with Gasteiger partial charge in [-0.05, 0) is 35.4 Å². The highest BCUT2D eigenvalue weighted by Gasteiger charge is 2.31. The van der Waals surface area contributed by atoms with Gasteiger partial charge in [0.1, 0.15) is 5.76 Å². The lowest BCUT2D eigenvalue weighted by Crippen LogP contribution is -2.24. The van der Waals surface area contributed by atoms with E-state index in [4.69, 9.17) is 4.42 Å². The molecule has 2 heterocycles. The second-order valence-corrected chi connectivity index (χ2v) is 7.03. The minimum atomic E-state index is -4.46. The Morgan fingerprint density at radius 3 is 2.67 bits per heavy atom. The van der Waals surface area contributed by atoms with Crippen LogP contribution in [0, 0.1) is 0 Å². The molecule has 2 N–H and O–H groups in total. The van der Waals surface area contributed by atoms with Gasteiger partial charge in [-0.1, -0.05) is 36.4 Å². The number of amides is 1. The number of rotatable bonds is 6. The van der Waals surface area contributed by atoms with Gasteiger partial charge in [-0.25, -0.2) is 0 Å². The number of alkyl halides is 3. The molecule has 2 aromatic carbocycles. The van der Waals surface area contributed by atoms with Gasteiger partial charge in [-0.2, -0.15) is 13.2 Å². The molecule has 0 fully saturated rings. The average molecular weight is 412 g/mol. The van der Waals surface area contributed by atoms with Crippen molar-refractivity contribution >= 4 is 16.8 Å². The first-order valence-electron chi connectivity index (χ1n) is 9.44. The number of carbonyl (C=O) groups is 1. The Hall–Kier alpha value is -3.48. The minimum absolute atomic E-state index is 0.00384. The fraction of sp³-hybridized carbons (Fsp3) is 0.174. The van der Waals surface area contributed by atoms with E-state index < -0.39 is 17.7 Å². The first-order valence-corrected chi connectivity index (χ1v) is 9.44. The molecule has 4 aromatic rings. The first kappa shape index (κ1) is 19.8. The summed E-state index contributed by atoms with van der Waals surface area (Å²) < 4.78 is 45.0. The summed E-state index contributed by atoms with van der Waals surface area (Å²) in [7, 11) is 0. The third-order valence-corrected chi connectivity index (χ3v) is 5.04. The molecule has 0 saturated heterocycles. The minimum Gasteiger partial charge on any atom is -0.467 e. The predicted octanol–water partition coefficient (Wildman–Crippen LogP) is 5.62. The SMILES string of the molecule is O=C(C[C@@H](c1cccc(C(F)(F)F)c1)c1c[nH]c2ccccc12)NCc1ccco1. The van der Waals surface area contributed by atoms with Gasteiger partial charge in [0.2, 0.25) is 5.91 Å². The second kappa shape index (κ2) is 8.10. The topological polar surface area (TPSA) is 58.0 Å². The van der Waals surface area contributed by atoms with E-state index in [2.05, 4.69) is 10.3 Å². The first-order chi connectivity index (χ1) is 14.4. The fourth-order valence-electron chi connectivity index (χ4n) is 3.58. The predicted molar refractivity (Wildman–Crippen MR) is 107 cm³/mol. The van der Waals surface area contributed by atoms with Crippen LogP contribution in [0.4, 0.5) is 13.2 Å². The summed E-state index contributed by atoms with van der Waals surface area (Å²) in [6, 6.07) is 16.1. The molecule has 7 heteroatoms. The van der Waals surface area contributed by atoms with Crippen LogP contribution >= 0.6 is 0 Å². The summed E-state index contributed by atoms with van der Waals surface area (Å²) in [6.07, 6.45) is -1.18. The van der Waals surface area contributed by atoms with E-state index in [0.717, 1.165) is 28.6 Å². The lowest BCUT2D eigenvalue weighted by atomic mass is 9.87. The number of hydrogen-bond donors (Lipinski definition) is 2. The molecule has 4 nitrogen and oxygen atoms in total. The Bertz CT molecular complexity index is 1150. The van der Waals surface area contributed by atoms with E-state index in [1.165, 1.54) is 12.3 Å². The number of fused-ring (bicyclic) bond motifs is 1. The number of carbonyl (C=O) groups excluding carboxylic acids is 1. The van der Waals surface area contributed by atoms with Gasteiger partial charge in [0.25, 0.3) is 0 Å². The van der Waals surface area contributed by atoms with Crippen LogP contribution in [-0.4, -0.2) is 10.9 Å². The molecule has 0 aliphatic heterocycles. The van der Waals surface area contributed by atoms with Crippen molar-refractivity contribution in [3.63, 3.8) is 0 Å². The van der Waals surface area contributed by atoms with Crippen molar-refractivity contribution in [2.45, 2.75) is 25.1 Å². The van der Waals surface area contributed by atoms with E-state index in [1.54, 1.807) is 24.4 Å². The maximum atomic E-state index is 13.3. The second-order valence-electron chi connectivity index (χ2n) is 7.03. The highest BCUT2D eigenvalue weighted by Crippen LogP contribution is 2.36. The normalized spacial score (nSPS) is 12.8. The Morgan fingerprint density at radius 2 is 1.90 bits per heavy atom. The van der Waals surface area contributed by atoms with E-state index in [9.17, 15) is 18.0 Å². The molecule has 0 bridgehead atoms. The molecule has 0 radical (unpaired) electrons. The van der Waals surface area contributed by atoms with Crippen LogP contribution in [0.1, 0.15) is 34.8 Å². The number of H-pyrrole nitrogens is 1. The van der Waals surface area contributed by atoms with E-state index in [0.29, 0.717) is 11.3 Å². The van der Waals surface area contributed by atoms with Crippen molar-refractivity contribution < 1.29 is 22.4 Å². The summed E-state index contributed by atoms with van der Waals surface area (Å²) in [5.74, 6) is -0.217. The molecule has 0 aliphatic rings. The molecule has 0 unspecified atom stereocenters. The highest BCUT2D eigenvalue weighted by molar-refractivity contribution is 5.86. The number of aromatic nitrogens is 1. The summed E-state index contributed by atoms with van der Waals surface area (Å²) in [5.41, 5.74) is 1.34. The highest BCUT2D eigenvalue weighted by atomic mass is 19.4. The number of halogens is 3. The van der Waals surface area contributed by atoms with E-state index in [1.807, 2.05) is 24.3 Å². The fourth-order valence-corrected chi connectivity index (χ4v) is 3.58. The third kappa shape index (κ3) is 4.25. The zero-order chi connectivity index (χ0) is 21.1. The summed E-state index contributed by atoms with van der Waals surface area (Å²) >= 11 is 0. The summed E-state index contributed by atoms with van der Waals surface area (Å²) in [4.78, 5) is 15.8. The van der Waals surface area contributed by atoms with Gasteiger partial charge in [-0.3, -0.25) is 4.79 Å². The van der Waals surface area contributed by atoms with Crippen LogP contribution in [0.3, 0.4) is 0 Å². The van der Waals surface area contributed by atoms with Gasteiger partial charge < -0.3 is 14.7 Å². The van der Waals surface area contributed by atoms with Gasteiger partial charge in [0, 0.05) is 29.4 Å². The van der Waals surface area contributed by atoms with Gasteiger partial charge in [0.05, 0.1) is 18.4 Å². The summed E-state index contributed by atoms with van der Waals surface area (Å²) in [5, 5.41) is 3.65. The Morgan fingerprint density at radius 1 is 1.07 bits per heavy atom.